The molecule has 1 aromatic carbocycles. The van der Waals surface area contributed by atoms with Crippen molar-refractivity contribution < 1.29 is 19.1 Å². The Morgan fingerprint density at radius 2 is 1.00 bits per heavy atom. The zero-order valence-electron chi connectivity index (χ0n) is 17.1. The lowest BCUT2D eigenvalue weighted by molar-refractivity contribution is -0.145. The van der Waals surface area contributed by atoms with Crippen molar-refractivity contribution in [3.63, 3.8) is 0 Å². The van der Waals surface area contributed by atoms with E-state index < -0.39 is 0 Å². The topological polar surface area (TPSA) is 78.4 Å². The monoisotopic (exact) mass is 404 g/mol. The summed E-state index contributed by atoms with van der Waals surface area (Å²) in [7, 11) is 0. The highest BCUT2D eigenvalue weighted by Crippen LogP contribution is 2.10. The molecule has 154 valence electrons. The average molecular weight is 404 g/mol. The molecular weight excluding hydrogens is 380 g/mol. The number of ether oxygens (including phenoxy) is 2. The molecule has 2 aromatic heterocycles. The Balaban J connectivity index is 1.40. The molecule has 30 heavy (non-hydrogen) atoms. The van der Waals surface area contributed by atoms with Gasteiger partial charge in [0.1, 0.15) is 13.2 Å². The van der Waals surface area contributed by atoms with Crippen LogP contribution in [0.25, 0.3) is 0 Å². The van der Waals surface area contributed by atoms with Gasteiger partial charge in [0.2, 0.25) is 0 Å². The van der Waals surface area contributed by atoms with E-state index in [1.807, 2.05) is 62.4 Å². The van der Waals surface area contributed by atoms with E-state index >= 15 is 0 Å². The average Bonchev–Trinajstić information content (AvgIpc) is 2.75. The van der Waals surface area contributed by atoms with Crippen molar-refractivity contribution in [2.75, 3.05) is 0 Å². The van der Waals surface area contributed by atoms with Gasteiger partial charge in [-0.2, -0.15) is 0 Å². The number of esters is 2. The van der Waals surface area contributed by atoms with Gasteiger partial charge in [-0.1, -0.05) is 36.4 Å². The Labute approximate surface area is 175 Å². The van der Waals surface area contributed by atoms with Gasteiger partial charge in [0.25, 0.3) is 0 Å². The van der Waals surface area contributed by atoms with Crippen LogP contribution in [0.4, 0.5) is 0 Å². The van der Waals surface area contributed by atoms with Gasteiger partial charge in [-0.25, -0.2) is 0 Å². The molecule has 0 amide bonds. The summed E-state index contributed by atoms with van der Waals surface area (Å²) in [5.41, 5.74) is 5.20. The zero-order chi connectivity index (χ0) is 21.3. The van der Waals surface area contributed by atoms with Crippen molar-refractivity contribution in [2.45, 2.75) is 39.9 Å². The van der Waals surface area contributed by atoms with Crippen LogP contribution in [0, 0.1) is 13.8 Å². The number of aryl methyl sites for hydroxylation is 2. The van der Waals surface area contributed by atoms with Crippen molar-refractivity contribution >= 4 is 11.9 Å². The third-order valence-electron chi connectivity index (χ3n) is 4.46. The molecule has 0 radical (unpaired) electrons. The van der Waals surface area contributed by atoms with E-state index in [4.69, 9.17) is 9.47 Å². The highest BCUT2D eigenvalue weighted by molar-refractivity contribution is 5.72. The fourth-order valence-corrected chi connectivity index (χ4v) is 2.70. The number of pyridine rings is 2. The lowest BCUT2D eigenvalue weighted by Crippen LogP contribution is -2.09. The Morgan fingerprint density at radius 3 is 1.33 bits per heavy atom. The first-order valence-corrected chi connectivity index (χ1v) is 9.70. The standard InChI is InChI=1S/C24H24N2O4/c1-17-3-5-21(13-25-17)11-23(27)29-15-19-7-9-20(10-8-19)16-30-24(28)12-22-6-4-18(2)26-14-22/h3-10,13-14H,11-12,15-16H2,1-2H3. The number of carbonyl (C=O) groups excluding carboxylic acids is 2. The second-order valence-electron chi connectivity index (χ2n) is 7.11. The van der Waals surface area contributed by atoms with Gasteiger partial charge >= 0.3 is 11.9 Å². The van der Waals surface area contributed by atoms with Crippen molar-refractivity contribution in [1.29, 1.82) is 0 Å². The summed E-state index contributed by atoms with van der Waals surface area (Å²) < 4.78 is 10.6. The van der Waals surface area contributed by atoms with Crippen LogP contribution in [0.5, 0.6) is 0 Å². The molecule has 0 aliphatic heterocycles. The van der Waals surface area contributed by atoms with Crippen molar-refractivity contribution in [3.05, 3.63) is 94.6 Å². The molecule has 6 heteroatoms. The highest BCUT2D eigenvalue weighted by atomic mass is 16.5. The van der Waals surface area contributed by atoms with E-state index in [1.165, 1.54) is 0 Å². The van der Waals surface area contributed by atoms with Crippen LogP contribution < -0.4 is 0 Å². The minimum atomic E-state index is -0.302. The quantitative estimate of drug-likeness (QED) is 0.533. The van der Waals surface area contributed by atoms with Crippen LogP contribution in [0.15, 0.2) is 60.9 Å². The third kappa shape index (κ3) is 6.81. The Kier molecular flexibility index (Phi) is 7.27. The van der Waals surface area contributed by atoms with E-state index in [0.29, 0.717) is 0 Å². The molecule has 0 atom stereocenters. The zero-order valence-corrected chi connectivity index (χ0v) is 17.1. The van der Waals surface area contributed by atoms with Crippen molar-refractivity contribution in [2.24, 2.45) is 0 Å². The maximum atomic E-state index is 12.0. The van der Waals surface area contributed by atoms with Gasteiger partial charge in [-0.3, -0.25) is 19.6 Å². The molecule has 3 rings (SSSR count). The maximum Gasteiger partial charge on any atom is 0.310 e. The molecule has 0 saturated heterocycles. The van der Waals surface area contributed by atoms with Gasteiger partial charge in [0, 0.05) is 23.8 Å². The summed E-state index contributed by atoms with van der Waals surface area (Å²) in [5, 5.41) is 0. The minimum absolute atomic E-state index is 0.192. The summed E-state index contributed by atoms with van der Waals surface area (Å²) in [6.07, 6.45) is 3.75. The molecule has 0 spiro atoms. The molecule has 0 aliphatic rings. The van der Waals surface area contributed by atoms with Crippen LogP contribution >= 0.6 is 0 Å². The molecule has 2 heterocycles. The number of carbonyl (C=O) groups is 2. The fraction of sp³-hybridized carbons (Fsp3) is 0.250. The van der Waals surface area contributed by atoms with Crippen LogP contribution in [0.2, 0.25) is 0 Å². The van der Waals surface area contributed by atoms with Crippen LogP contribution in [0.3, 0.4) is 0 Å². The molecule has 0 unspecified atom stereocenters. The van der Waals surface area contributed by atoms with Crippen LogP contribution in [-0.4, -0.2) is 21.9 Å². The first kappa shape index (κ1) is 21.2. The molecule has 0 fully saturated rings. The fourth-order valence-electron chi connectivity index (χ4n) is 2.70. The van der Waals surface area contributed by atoms with Crippen molar-refractivity contribution in [1.82, 2.24) is 9.97 Å². The number of hydrogen-bond donors (Lipinski definition) is 0. The lowest BCUT2D eigenvalue weighted by Gasteiger charge is -2.08. The molecule has 6 nitrogen and oxygen atoms in total. The van der Waals surface area contributed by atoms with Gasteiger partial charge in [-0.05, 0) is 48.2 Å². The molecular formula is C24H24N2O4. The van der Waals surface area contributed by atoms with Gasteiger partial charge in [-0.15, -0.1) is 0 Å². The minimum Gasteiger partial charge on any atom is -0.461 e. The SMILES string of the molecule is Cc1ccc(CC(=O)OCc2ccc(COC(=O)Cc3ccc(C)nc3)cc2)cn1. The first-order valence-electron chi connectivity index (χ1n) is 9.70. The maximum absolute atomic E-state index is 12.0. The number of aromatic nitrogens is 2. The highest BCUT2D eigenvalue weighted by Gasteiger charge is 2.08. The normalized spacial score (nSPS) is 10.5. The predicted octanol–water partition coefficient (Wildman–Crippen LogP) is 3.67. The molecule has 0 N–H and O–H groups in total. The Bertz CT molecular complexity index is 899. The van der Waals surface area contributed by atoms with Crippen LogP contribution in [0.1, 0.15) is 33.6 Å². The second-order valence-corrected chi connectivity index (χ2v) is 7.11. The van der Waals surface area contributed by atoms with Crippen molar-refractivity contribution in [3.8, 4) is 0 Å². The van der Waals surface area contributed by atoms with Gasteiger partial charge < -0.3 is 9.47 Å². The van der Waals surface area contributed by atoms with E-state index in [-0.39, 0.29) is 38.0 Å². The third-order valence-corrected chi connectivity index (χ3v) is 4.46. The molecule has 0 bridgehead atoms. The van der Waals surface area contributed by atoms with Gasteiger partial charge in [0.15, 0.2) is 0 Å². The number of benzene rings is 1. The number of rotatable bonds is 8. The van der Waals surface area contributed by atoms with E-state index in [1.54, 1.807) is 12.4 Å². The smallest absolute Gasteiger partial charge is 0.310 e. The summed E-state index contributed by atoms with van der Waals surface area (Å²) >= 11 is 0. The Hall–Kier alpha value is -3.54. The van der Waals surface area contributed by atoms with E-state index in [9.17, 15) is 9.59 Å². The molecule has 0 aliphatic carbocycles. The van der Waals surface area contributed by atoms with Crippen LogP contribution in [-0.2, 0) is 45.1 Å². The first-order chi connectivity index (χ1) is 14.5. The van der Waals surface area contributed by atoms with E-state index in [2.05, 4.69) is 9.97 Å². The second kappa shape index (κ2) is 10.3. The number of hydrogen-bond acceptors (Lipinski definition) is 6. The Morgan fingerprint density at radius 1 is 0.633 bits per heavy atom. The number of nitrogens with zero attached hydrogens (tertiary/aromatic N) is 2. The summed E-state index contributed by atoms with van der Waals surface area (Å²) in [6.45, 7) is 4.18. The van der Waals surface area contributed by atoms with E-state index in [0.717, 1.165) is 33.6 Å². The summed E-state index contributed by atoms with van der Waals surface area (Å²) in [6, 6.07) is 14.9. The molecule has 3 aromatic rings. The largest absolute Gasteiger partial charge is 0.461 e. The summed E-state index contributed by atoms with van der Waals surface area (Å²) in [5.74, 6) is -0.603. The van der Waals surface area contributed by atoms with Gasteiger partial charge in [0.05, 0.1) is 12.8 Å². The molecule has 0 saturated carbocycles. The summed E-state index contributed by atoms with van der Waals surface area (Å²) in [4.78, 5) is 32.3. The lowest BCUT2D eigenvalue weighted by atomic mass is 10.1. The predicted molar refractivity (Wildman–Crippen MR) is 111 cm³/mol.